The standard InChI is InChI=1S/C43H90N2O2/c1-3-5-7-9-11-13-15-17-19-21-23-25-27-29-31-33-37-45(43(44)41-42(35-39-46)36-40-47)38-34-32-30-28-26-24-22-20-18-16-14-12-10-8-6-4-2/h42-43,46-47H,3-41,44H2,1-2H3. The smallest absolute Gasteiger partial charge is 0.0574 e. The fraction of sp³-hybridized carbons (Fsp3) is 1.00. The van der Waals surface area contributed by atoms with Crippen molar-refractivity contribution in [2.24, 2.45) is 11.7 Å². The first-order valence-electron chi connectivity index (χ1n) is 21.9. The molecule has 0 saturated heterocycles. The SMILES string of the molecule is CCCCCCCCCCCCCCCCCCN(CCCCCCCCCCCCCCCCCC)C(N)CC(CCO)CCO. The highest BCUT2D eigenvalue weighted by Gasteiger charge is 2.19. The van der Waals surface area contributed by atoms with Crippen LogP contribution in [0.3, 0.4) is 0 Å². The molecule has 284 valence electrons. The molecule has 4 nitrogen and oxygen atoms in total. The zero-order valence-corrected chi connectivity index (χ0v) is 32.7. The van der Waals surface area contributed by atoms with Gasteiger partial charge in [-0.2, -0.15) is 0 Å². The Hall–Kier alpha value is -0.160. The van der Waals surface area contributed by atoms with Gasteiger partial charge in [0.2, 0.25) is 0 Å². The lowest BCUT2D eigenvalue weighted by Crippen LogP contribution is -2.44. The summed E-state index contributed by atoms with van der Waals surface area (Å²) in [6.45, 7) is 7.18. The summed E-state index contributed by atoms with van der Waals surface area (Å²) in [5.74, 6) is 0.319. The van der Waals surface area contributed by atoms with Gasteiger partial charge in [0.25, 0.3) is 0 Å². The van der Waals surface area contributed by atoms with Crippen LogP contribution in [0, 0.1) is 5.92 Å². The van der Waals surface area contributed by atoms with Gasteiger partial charge in [-0.3, -0.25) is 4.90 Å². The van der Waals surface area contributed by atoms with Gasteiger partial charge in [-0.25, -0.2) is 0 Å². The minimum atomic E-state index is 0.0470. The summed E-state index contributed by atoms with van der Waals surface area (Å²) in [6.07, 6.45) is 47.4. The van der Waals surface area contributed by atoms with Crippen molar-refractivity contribution in [2.45, 2.75) is 245 Å². The van der Waals surface area contributed by atoms with Gasteiger partial charge in [0.15, 0.2) is 0 Å². The third-order valence-corrected chi connectivity index (χ3v) is 10.7. The van der Waals surface area contributed by atoms with Gasteiger partial charge in [-0.15, -0.1) is 0 Å². The number of aliphatic hydroxyl groups is 2. The van der Waals surface area contributed by atoms with Crippen LogP contribution in [0.2, 0.25) is 0 Å². The molecular weight excluding hydrogens is 576 g/mol. The predicted octanol–water partition coefficient (Wildman–Crippen LogP) is 12.9. The van der Waals surface area contributed by atoms with E-state index in [1.54, 1.807) is 0 Å². The summed E-state index contributed by atoms with van der Waals surface area (Å²) in [5, 5.41) is 19.0. The second-order valence-electron chi connectivity index (χ2n) is 15.3. The Morgan fingerprint density at radius 2 is 0.617 bits per heavy atom. The average molecular weight is 667 g/mol. The van der Waals surface area contributed by atoms with E-state index in [0.717, 1.165) is 32.4 Å². The lowest BCUT2D eigenvalue weighted by molar-refractivity contribution is 0.140. The Labute approximate surface area is 297 Å². The summed E-state index contributed by atoms with van der Waals surface area (Å²) in [6, 6.07) is 0. The van der Waals surface area contributed by atoms with Crippen LogP contribution in [-0.4, -0.2) is 47.6 Å². The second-order valence-corrected chi connectivity index (χ2v) is 15.3. The molecule has 0 aromatic rings. The van der Waals surface area contributed by atoms with Crippen molar-refractivity contribution in [3.8, 4) is 0 Å². The number of hydrogen-bond donors (Lipinski definition) is 3. The van der Waals surface area contributed by atoms with Crippen LogP contribution in [0.4, 0.5) is 0 Å². The fourth-order valence-electron chi connectivity index (χ4n) is 7.41. The van der Waals surface area contributed by atoms with E-state index >= 15 is 0 Å². The molecule has 0 aliphatic heterocycles. The summed E-state index contributed by atoms with van der Waals surface area (Å²) in [5.41, 5.74) is 6.77. The molecule has 0 spiro atoms. The van der Waals surface area contributed by atoms with Gasteiger partial charge < -0.3 is 15.9 Å². The van der Waals surface area contributed by atoms with E-state index in [1.165, 1.54) is 205 Å². The molecule has 0 saturated carbocycles. The quantitative estimate of drug-likeness (QED) is 0.0448. The van der Waals surface area contributed by atoms with E-state index in [-0.39, 0.29) is 19.4 Å². The van der Waals surface area contributed by atoms with Crippen LogP contribution in [0.25, 0.3) is 0 Å². The van der Waals surface area contributed by atoms with Gasteiger partial charge in [-0.1, -0.05) is 206 Å². The Morgan fingerprint density at radius 3 is 0.851 bits per heavy atom. The van der Waals surface area contributed by atoms with Crippen LogP contribution in [-0.2, 0) is 0 Å². The maximum absolute atomic E-state index is 9.50. The molecule has 47 heavy (non-hydrogen) atoms. The Morgan fingerprint density at radius 1 is 0.383 bits per heavy atom. The summed E-state index contributed by atoms with van der Waals surface area (Å²) < 4.78 is 0. The van der Waals surface area contributed by atoms with Gasteiger partial charge in [0.05, 0.1) is 6.17 Å². The number of hydrogen-bond acceptors (Lipinski definition) is 4. The molecule has 4 N–H and O–H groups in total. The lowest BCUT2D eigenvalue weighted by atomic mass is 9.96. The van der Waals surface area contributed by atoms with Crippen LogP contribution in [0.5, 0.6) is 0 Å². The van der Waals surface area contributed by atoms with Crippen molar-refractivity contribution >= 4 is 0 Å². The minimum absolute atomic E-state index is 0.0470. The molecule has 0 radical (unpaired) electrons. The third-order valence-electron chi connectivity index (χ3n) is 10.7. The molecule has 0 amide bonds. The highest BCUT2D eigenvalue weighted by Crippen LogP contribution is 2.19. The van der Waals surface area contributed by atoms with E-state index in [0.29, 0.717) is 5.92 Å². The number of nitrogens with zero attached hydrogens (tertiary/aromatic N) is 1. The van der Waals surface area contributed by atoms with Crippen molar-refractivity contribution in [3.63, 3.8) is 0 Å². The molecule has 0 rings (SSSR count). The van der Waals surface area contributed by atoms with Crippen molar-refractivity contribution < 1.29 is 10.2 Å². The molecular formula is C43H90N2O2. The number of aliphatic hydroxyl groups excluding tert-OH is 2. The van der Waals surface area contributed by atoms with Crippen molar-refractivity contribution in [3.05, 3.63) is 0 Å². The highest BCUT2D eigenvalue weighted by molar-refractivity contribution is 4.72. The second kappa shape index (κ2) is 40.3. The van der Waals surface area contributed by atoms with Crippen molar-refractivity contribution in [2.75, 3.05) is 26.3 Å². The average Bonchev–Trinajstić information content (AvgIpc) is 3.07. The molecule has 0 aliphatic rings. The Bertz CT molecular complexity index is 518. The Balaban J connectivity index is 4.01. The van der Waals surface area contributed by atoms with Gasteiger partial charge in [0.1, 0.15) is 0 Å². The molecule has 1 atom stereocenters. The van der Waals surface area contributed by atoms with Crippen molar-refractivity contribution in [1.82, 2.24) is 4.90 Å². The molecule has 0 fully saturated rings. The highest BCUT2D eigenvalue weighted by atomic mass is 16.3. The van der Waals surface area contributed by atoms with Crippen LogP contribution in [0.15, 0.2) is 0 Å². The number of unbranched alkanes of at least 4 members (excludes halogenated alkanes) is 30. The predicted molar refractivity (Wildman–Crippen MR) is 210 cm³/mol. The van der Waals surface area contributed by atoms with Crippen LogP contribution >= 0.6 is 0 Å². The van der Waals surface area contributed by atoms with E-state index in [1.807, 2.05) is 0 Å². The molecule has 0 aromatic heterocycles. The van der Waals surface area contributed by atoms with Crippen molar-refractivity contribution in [1.29, 1.82) is 0 Å². The van der Waals surface area contributed by atoms with E-state index in [9.17, 15) is 10.2 Å². The third kappa shape index (κ3) is 35.5. The van der Waals surface area contributed by atoms with E-state index < -0.39 is 0 Å². The lowest BCUT2D eigenvalue weighted by Gasteiger charge is -2.31. The largest absolute Gasteiger partial charge is 0.396 e. The molecule has 0 heterocycles. The maximum atomic E-state index is 9.50. The summed E-state index contributed by atoms with van der Waals surface area (Å²) >= 11 is 0. The fourth-order valence-corrected chi connectivity index (χ4v) is 7.41. The topological polar surface area (TPSA) is 69.7 Å². The number of nitrogens with two attached hydrogens (primary N) is 1. The summed E-state index contributed by atoms with van der Waals surface area (Å²) in [7, 11) is 0. The van der Waals surface area contributed by atoms with Gasteiger partial charge in [-0.05, 0) is 51.1 Å². The van der Waals surface area contributed by atoms with E-state index in [4.69, 9.17) is 5.73 Å². The molecule has 0 bridgehead atoms. The molecule has 0 aliphatic carbocycles. The first-order valence-corrected chi connectivity index (χ1v) is 21.9. The maximum Gasteiger partial charge on any atom is 0.0574 e. The molecule has 4 heteroatoms. The number of rotatable bonds is 41. The zero-order chi connectivity index (χ0) is 34.3. The molecule has 1 unspecified atom stereocenters. The Kier molecular flexibility index (Phi) is 40.1. The van der Waals surface area contributed by atoms with Gasteiger partial charge >= 0.3 is 0 Å². The van der Waals surface area contributed by atoms with Crippen LogP contribution in [0.1, 0.15) is 239 Å². The van der Waals surface area contributed by atoms with E-state index in [2.05, 4.69) is 18.7 Å². The monoisotopic (exact) mass is 667 g/mol. The zero-order valence-electron chi connectivity index (χ0n) is 32.7. The molecule has 0 aromatic carbocycles. The summed E-state index contributed by atoms with van der Waals surface area (Å²) in [4.78, 5) is 2.54. The minimum Gasteiger partial charge on any atom is -0.396 e. The first-order chi connectivity index (χ1) is 23.2. The van der Waals surface area contributed by atoms with Gasteiger partial charge in [0, 0.05) is 13.2 Å². The van der Waals surface area contributed by atoms with Crippen LogP contribution < -0.4 is 5.73 Å². The normalized spacial score (nSPS) is 12.6. The first kappa shape index (κ1) is 46.8.